The number of anilines is 1. The summed E-state index contributed by atoms with van der Waals surface area (Å²) in [5.41, 5.74) is 0.718. The van der Waals surface area contributed by atoms with E-state index in [0.717, 1.165) is 5.69 Å². The van der Waals surface area contributed by atoms with Crippen molar-refractivity contribution in [3.05, 3.63) is 68.2 Å². The average molecular weight is 549 g/mol. The molecule has 0 saturated carbocycles. The summed E-state index contributed by atoms with van der Waals surface area (Å²) < 4.78 is 33.1. The number of carboxylic acid groups (broad SMARTS) is 1. The van der Waals surface area contributed by atoms with Gasteiger partial charge in [-0.2, -0.15) is 0 Å². The van der Waals surface area contributed by atoms with Crippen LogP contribution in [-0.4, -0.2) is 74.0 Å². The van der Waals surface area contributed by atoms with Crippen LogP contribution in [-0.2, 0) is 15.9 Å². The number of halogens is 2. The molecule has 204 valence electrons. The van der Waals surface area contributed by atoms with Gasteiger partial charge in [0.2, 0.25) is 5.43 Å². The number of carbonyl (C=O) groups is 1. The normalized spacial score (nSPS) is 15.5. The van der Waals surface area contributed by atoms with E-state index in [-0.39, 0.29) is 23.4 Å². The maximum absolute atomic E-state index is 15.2. The molecule has 2 atom stereocenters. The van der Waals surface area contributed by atoms with Crippen molar-refractivity contribution in [3.8, 4) is 5.75 Å². The van der Waals surface area contributed by atoms with Gasteiger partial charge in [-0.1, -0.05) is 11.6 Å². The van der Waals surface area contributed by atoms with Crippen LogP contribution < -0.4 is 15.1 Å². The lowest BCUT2D eigenvalue weighted by atomic mass is 9.99. The van der Waals surface area contributed by atoms with Gasteiger partial charge >= 0.3 is 5.97 Å². The fraction of sp³-hybridized carbons (Fsp3) is 0.407. The molecule has 4 rings (SSSR count). The number of benzene rings is 2. The number of morpholine rings is 1. The van der Waals surface area contributed by atoms with Crippen molar-refractivity contribution in [1.82, 2.24) is 4.57 Å². The maximum Gasteiger partial charge on any atom is 0.341 e. The molecule has 1 fully saturated rings. The molecule has 1 aliphatic heterocycles. The number of aliphatic hydroxyl groups excluding tert-OH is 1. The Hall–Kier alpha value is -3.18. The van der Waals surface area contributed by atoms with Gasteiger partial charge in [-0.3, -0.25) is 4.79 Å². The molecule has 3 aromatic rings. The van der Waals surface area contributed by atoms with E-state index in [2.05, 4.69) is 4.90 Å². The first-order chi connectivity index (χ1) is 18.2. The molecule has 1 saturated heterocycles. The smallest absolute Gasteiger partial charge is 0.341 e. The van der Waals surface area contributed by atoms with Crippen molar-refractivity contribution in [2.75, 3.05) is 52.0 Å². The highest BCUT2D eigenvalue weighted by Gasteiger charge is 2.25. The Bertz CT molecular complexity index is 1400. The van der Waals surface area contributed by atoms with Crippen LogP contribution in [0.1, 0.15) is 34.5 Å². The predicted molar refractivity (Wildman–Crippen MR) is 142 cm³/mol. The summed E-state index contributed by atoms with van der Waals surface area (Å²) >= 11 is 6.25. The van der Waals surface area contributed by atoms with Gasteiger partial charge in [0.25, 0.3) is 0 Å². The molecule has 2 aromatic carbocycles. The molecule has 38 heavy (non-hydrogen) atoms. The first kappa shape index (κ1) is 27.8. The van der Waals surface area contributed by atoms with Gasteiger partial charge in [0.1, 0.15) is 17.1 Å². The Morgan fingerprint density at radius 2 is 1.89 bits per heavy atom. The van der Waals surface area contributed by atoms with Crippen LogP contribution in [0.15, 0.2) is 35.3 Å². The molecular weight excluding hydrogens is 519 g/mol. The number of nitrogens with zero attached hydrogens (tertiary/aromatic N) is 2. The van der Waals surface area contributed by atoms with Gasteiger partial charge in [0, 0.05) is 50.0 Å². The van der Waals surface area contributed by atoms with Crippen molar-refractivity contribution in [3.63, 3.8) is 0 Å². The summed E-state index contributed by atoms with van der Waals surface area (Å²) in [7, 11) is 2.92. The minimum Gasteiger partial charge on any atom is -0.496 e. The van der Waals surface area contributed by atoms with Crippen LogP contribution in [0, 0.1) is 5.82 Å². The fourth-order valence-electron chi connectivity index (χ4n) is 4.76. The second kappa shape index (κ2) is 11.7. The first-order valence-corrected chi connectivity index (χ1v) is 12.5. The molecule has 0 spiro atoms. The van der Waals surface area contributed by atoms with Gasteiger partial charge < -0.3 is 33.9 Å². The van der Waals surface area contributed by atoms with E-state index in [1.54, 1.807) is 25.1 Å². The van der Waals surface area contributed by atoms with Gasteiger partial charge in [0.15, 0.2) is 0 Å². The number of rotatable bonds is 9. The Morgan fingerprint density at radius 3 is 2.50 bits per heavy atom. The summed E-state index contributed by atoms with van der Waals surface area (Å²) in [6.45, 7) is 3.75. The largest absolute Gasteiger partial charge is 0.496 e. The van der Waals surface area contributed by atoms with E-state index in [4.69, 9.17) is 25.8 Å². The quantitative estimate of drug-likeness (QED) is 0.418. The lowest BCUT2D eigenvalue weighted by Crippen LogP contribution is -2.36. The van der Waals surface area contributed by atoms with Crippen molar-refractivity contribution in [2.45, 2.75) is 25.5 Å². The molecule has 0 unspecified atom stereocenters. The third-order valence-corrected chi connectivity index (χ3v) is 7.24. The van der Waals surface area contributed by atoms with E-state index in [9.17, 15) is 19.8 Å². The topological polar surface area (TPSA) is 110 Å². The summed E-state index contributed by atoms with van der Waals surface area (Å²) in [5.74, 6) is -1.62. The summed E-state index contributed by atoms with van der Waals surface area (Å²) in [6.07, 6.45) is 0.739. The summed E-state index contributed by atoms with van der Waals surface area (Å²) in [5, 5.41) is 19.9. The Labute approximate surface area is 223 Å². The molecular formula is C27H30ClFN2O7. The number of methoxy groups -OCH3 is 2. The maximum atomic E-state index is 15.2. The predicted octanol–water partition coefficient (Wildman–Crippen LogP) is 3.50. The molecule has 11 heteroatoms. The third-order valence-electron chi connectivity index (χ3n) is 6.97. The second-order valence-corrected chi connectivity index (χ2v) is 9.54. The molecule has 0 amide bonds. The number of pyridine rings is 1. The molecule has 2 heterocycles. The van der Waals surface area contributed by atoms with Crippen LogP contribution in [0.5, 0.6) is 5.75 Å². The number of hydrogen-bond acceptors (Lipinski definition) is 7. The van der Waals surface area contributed by atoms with E-state index in [1.165, 1.54) is 31.0 Å². The number of ether oxygens (including phenoxy) is 3. The lowest BCUT2D eigenvalue weighted by Gasteiger charge is -2.29. The number of hydrogen-bond donors (Lipinski definition) is 2. The minimum atomic E-state index is -1.40. The van der Waals surface area contributed by atoms with E-state index < -0.39 is 34.9 Å². The number of carboxylic acids is 1. The minimum absolute atomic E-state index is 0.0291. The third kappa shape index (κ3) is 5.35. The molecule has 0 aliphatic carbocycles. The van der Waals surface area contributed by atoms with Crippen LogP contribution >= 0.6 is 11.6 Å². The molecule has 1 aliphatic rings. The Balaban J connectivity index is 1.89. The van der Waals surface area contributed by atoms with Crippen molar-refractivity contribution in [2.24, 2.45) is 0 Å². The van der Waals surface area contributed by atoms with E-state index in [1.807, 2.05) is 0 Å². The number of aromatic nitrogens is 1. The molecule has 2 N–H and O–H groups in total. The number of aromatic carboxylic acids is 1. The number of aliphatic hydroxyl groups is 1. The van der Waals surface area contributed by atoms with Crippen LogP contribution in [0.2, 0.25) is 5.02 Å². The highest BCUT2D eigenvalue weighted by atomic mass is 35.5. The van der Waals surface area contributed by atoms with Gasteiger partial charge in [-0.25, -0.2) is 9.18 Å². The van der Waals surface area contributed by atoms with Crippen LogP contribution in [0.4, 0.5) is 10.1 Å². The SMILES string of the molecule is COc1cc2c(cc1Cc1cc(N3CCOCC3)cc(Cl)c1F)c(=O)c(C(=O)O)cn2[C@H](CO)[C@H](C)OC. The molecule has 9 nitrogen and oxygen atoms in total. The highest BCUT2D eigenvalue weighted by molar-refractivity contribution is 6.31. The van der Waals surface area contributed by atoms with E-state index in [0.29, 0.717) is 48.7 Å². The Kier molecular flexibility index (Phi) is 8.57. The summed E-state index contributed by atoms with van der Waals surface area (Å²) in [6, 6.07) is 5.71. The van der Waals surface area contributed by atoms with Gasteiger partial charge in [-0.15, -0.1) is 0 Å². The molecule has 0 radical (unpaired) electrons. The molecule has 0 bridgehead atoms. The standard InChI is InChI=1S/C27H30ClFN2O7/c1-15(36-2)23(14-32)31-13-20(27(34)35)26(33)19-10-16(24(37-3)12-22(19)31)8-17-9-18(11-21(28)25(17)29)30-4-6-38-7-5-30/h9-13,15,23,32H,4-8,14H2,1-3H3,(H,34,35)/t15-,23+/m0/s1. The lowest BCUT2D eigenvalue weighted by molar-refractivity contribution is 0.0456. The zero-order valence-corrected chi connectivity index (χ0v) is 22.1. The van der Waals surface area contributed by atoms with Crippen LogP contribution in [0.25, 0.3) is 10.9 Å². The van der Waals surface area contributed by atoms with Crippen LogP contribution in [0.3, 0.4) is 0 Å². The zero-order valence-electron chi connectivity index (χ0n) is 21.4. The second-order valence-electron chi connectivity index (χ2n) is 9.13. The Morgan fingerprint density at radius 1 is 1.18 bits per heavy atom. The van der Waals surface area contributed by atoms with Gasteiger partial charge in [-0.05, 0) is 36.2 Å². The van der Waals surface area contributed by atoms with Crippen molar-refractivity contribution < 1.29 is 33.6 Å². The van der Waals surface area contributed by atoms with Crippen molar-refractivity contribution in [1.29, 1.82) is 0 Å². The number of fused-ring (bicyclic) bond motifs is 1. The monoisotopic (exact) mass is 548 g/mol. The zero-order chi connectivity index (χ0) is 27.6. The van der Waals surface area contributed by atoms with E-state index >= 15 is 4.39 Å². The molecule has 1 aromatic heterocycles. The summed E-state index contributed by atoms with van der Waals surface area (Å²) in [4.78, 5) is 27.2. The van der Waals surface area contributed by atoms with Gasteiger partial charge in [0.05, 0.1) is 49.6 Å². The highest BCUT2D eigenvalue weighted by Crippen LogP contribution is 2.33. The fourth-order valence-corrected chi connectivity index (χ4v) is 5.00. The average Bonchev–Trinajstić information content (AvgIpc) is 2.92. The van der Waals surface area contributed by atoms with Crippen molar-refractivity contribution >= 4 is 34.2 Å². The first-order valence-electron chi connectivity index (χ1n) is 12.1.